The van der Waals surface area contributed by atoms with Crippen molar-refractivity contribution in [3.05, 3.63) is 36.0 Å². The zero-order valence-corrected chi connectivity index (χ0v) is 11.5. The number of hydrogen-bond acceptors (Lipinski definition) is 4. The van der Waals surface area contributed by atoms with Gasteiger partial charge in [0.1, 0.15) is 6.04 Å². The number of anilines is 1. The van der Waals surface area contributed by atoms with Crippen LogP contribution in [0.25, 0.3) is 10.9 Å². The maximum absolute atomic E-state index is 12.0. The van der Waals surface area contributed by atoms with E-state index in [0.29, 0.717) is 24.2 Å². The molecule has 3 rings (SSSR count). The predicted molar refractivity (Wildman–Crippen MR) is 78.4 cm³/mol. The molecule has 0 radical (unpaired) electrons. The molecule has 1 saturated heterocycles. The Morgan fingerprint density at radius 2 is 2.19 bits per heavy atom. The van der Waals surface area contributed by atoms with Crippen molar-refractivity contribution in [2.75, 3.05) is 18.9 Å². The molecule has 0 saturated carbocycles. The SMILES string of the molecule is CN1CCC(Nc2cc(C(=O)O)nc3ccccc23)C1=O. The van der Waals surface area contributed by atoms with E-state index < -0.39 is 5.97 Å². The minimum atomic E-state index is -1.08. The van der Waals surface area contributed by atoms with Gasteiger partial charge in [0.2, 0.25) is 5.91 Å². The van der Waals surface area contributed by atoms with Crippen LogP contribution in [0.3, 0.4) is 0 Å². The number of nitrogens with zero attached hydrogens (tertiary/aromatic N) is 2. The summed E-state index contributed by atoms with van der Waals surface area (Å²) in [5.41, 5.74) is 1.19. The summed E-state index contributed by atoms with van der Waals surface area (Å²) in [5, 5.41) is 13.1. The number of carbonyl (C=O) groups excluding carboxylic acids is 1. The average molecular weight is 285 g/mol. The van der Waals surface area contributed by atoms with Crippen molar-refractivity contribution in [3.63, 3.8) is 0 Å². The molecule has 0 bridgehead atoms. The molecule has 1 aromatic heterocycles. The number of para-hydroxylation sites is 1. The van der Waals surface area contributed by atoms with Gasteiger partial charge in [0.15, 0.2) is 5.69 Å². The highest BCUT2D eigenvalue weighted by Crippen LogP contribution is 2.25. The van der Waals surface area contributed by atoms with E-state index in [-0.39, 0.29) is 17.6 Å². The van der Waals surface area contributed by atoms with Crippen molar-refractivity contribution >= 4 is 28.5 Å². The Kier molecular flexibility index (Phi) is 3.21. The Labute approximate surface area is 121 Å². The number of amides is 1. The van der Waals surface area contributed by atoms with Crippen molar-refractivity contribution in [2.45, 2.75) is 12.5 Å². The molecule has 2 aromatic rings. The molecule has 108 valence electrons. The van der Waals surface area contributed by atoms with Crippen molar-refractivity contribution in [1.82, 2.24) is 9.88 Å². The molecule has 1 amide bonds. The highest BCUT2D eigenvalue weighted by Gasteiger charge is 2.29. The maximum Gasteiger partial charge on any atom is 0.354 e. The van der Waals surface area contributed by atoms with Gasteiger partial charge in [0.25, 0.3) is 0 Å². The number of carboxylic acids is 1. The van der Waals surface area contributed by atoms with Gasteiger partial charge >= 0.3 is 5.97 Å². The Balaban J connectivity index is 2.04. The summed E-state index contributed by atoms with van der Waals surface area (Å²) in [4.78, 5) is 29.0. The third kappa shape index (κ3) is 2.40. The Morgan fingerprint density at radius 3 is 2.86 bits per heavy atom. The fourth-order valence-corrected chi connectivity index (χ4v) is 2.55. The molecule has 6 heteroatoms. The molecule has 2 N–H and O–H groups in total. The normalized spacial score (nSPS) is 18.2. The van der Waals surface area contributed by atoms with Crippen molar-refractivity contribution in [3.8, 4) is 0 Å². The molecule has 1 unspecified atom stereocenters. The van der Waals surface area contributed by atoms with Crippen LogP contribution in [-0.2, 0) is 4.79 Å². The number of aromatic nitrogens is 1. The van der Waals surface area contributed by atoms with Gasteiger partial charge in [-0.05, 0) is 18.6 Å². The molecule has 0 aliphatic carbocycles. The van der Waals surface area contributed by atoms with Crippen molar-refractivity contribution < 1.29 is 14.7 Å². The first kappa shape index (κ1) is 13.4. The van der Waals surface area contributed by atoms with Crippen LogP contribution >= 0.6 is 0 Å². The first-order valence-corrected chi connectivity index (χ1v) is 6.71. The minimum Gasteiger partial charge on any atom is -0.477 e. The summed E-state index contributed by atoms with van der Waals surface area (Å²) in [6.45, 7) is 0.700. The molecular weight excluding hydrogens is 270 g/mol. The van der Waals surface area contributed by atoms with Crippen LogP contribution < -0.4 is 5.32 Å². The average Bonchev–Trinajstić information content (AvgIpc) is 2.79. The summed E-state index contributed by atoms with van der Waals surface area (Å²) >= 11 is 0. The zero-order valence-electron chi connectivity index (χ0n) is 11.5. The van der Waals surface area contributed by atoms with Crippen LogP contribution in [0.4, 0.5) is 5.69 Å². The molecule has 1 aliphatic rings. The molecule has 6 nitrogen and oxygen atoms in total. The molecule has 0 spiro atoms. The first-order valence-electron chi connectivity index (χ1n) is 6.71. The molecular formula is C15H15N3O3. The van der Waals surface area contributed by atoms with E-state index in [1.54, 1.807) is 24.1 Å². The second-order valence-corrected chi connectivity index (χ2v) is 5.12. The predicted octanol–water partition coefficient (Wildman–Crippen LogP) is 1.58. The number of pyridine rings is 1. The van der Waals surface area contributed by atoms with E-state index in [4.69, 9.17) is 5.11 Å². The maximum atomic E-state index is 12.0. The van der Waals surface area contributed by atoms with Gasteiger partial charge in [-0.15, -0.1) is 0 Å². The fraction of sp³-hybridized carbons (Fsp3) is 0.267. The number of carboxylic acid groups (broad SMARTS) is 1. The van der Waals surface area contributed by atoms with Gasteiger partial charge in [-0.25, -0.2) is 9.78 Å². The van der Waals surface area contributed by atoms with Crippen LogP contribution in [0.5, 0.6) is 0 Å². The lowest BCUT2D eigenvalue weighted by Gasteiger charge is -2.15. The monoisotopic (exact) mass is 285 g/mol. The summed E-state index contributed by atoms with van der Waals surface area (Å²) in [5.74, 6) is -1.06. The van der Waals surface area contributed by atoms with E-state index in [9.17, 15) is 9.59 Å². The topological polar surface area (TPSA) is 82.5 Å². The van der Waals surface area contributed by atoms with Crippen molar-refractivity contribution in [1.29, 1.82) is 0 Å². The third-order valence-corrected chi connectivity index (χ3v) is 3.69. The molecule has 1 aromatic carbocycles. The van der Waals surface area contributed by atoms with Gasteiger partial charge in [-0.1, -0.05) is 18.2 Å². The van der Waals surface area contributed by atoms with Crippen LogP contribution in [-0.4, -0.2) is 46.5 Å². The number of fused-ring (bicyclic) bond motifs is 1. The third-order valence-electron chi connectivity index (χ3n) is 3.69. The number of hydrogen-bond donors (Lipinski definition) is 2. The lowest BCUT2D eigenvalue weighted by atomic mass is 10.1. The van der Waals surface area contributed by atoms with E-state index in [2.05, 4.69) is 10.3 Å². The van der Waals surface area contributed by atoms with Crippen LogP contribution in [0.2, 0.25) is 0 Å². The standard InChI is InChI=1S/C15H15N3O3/c1-18-7-6-11(14(18)19)17-12-8-13(15(20)21)16-10-5-3-2-4-9(10)12/h2-5,8,11H,6-7H2,1H3,(H,16,17)(H,20,21). The molecule has 21 heavy (non-hydrogen) atoms. The smallest absolute Gasteiger partial charge is 0.354 e. The Bertz CT molecular complexity index is 729. The van der Waals surface area contributed by atoms with Crippen LogP contribution in [0.15, 0.2) is 30.3 Å². The lowest BCUT2D eigenvalue weighted by Crippen LogP contribution is -2.31. The molecule has 1 fully saturated rings. The number of rotatable bonds is 3. The number of carbonyl (C=O) groups is 2. The number of benzene rings is 1. The van der Waals surface area contributed by atoms with Crippen LogP contribution in [0.1, 0.15) is 16.9 Å². The summed E-state index contributed by atoms with van der Waals surface area (Å²) < 4.78 is 0. The highest BCUT2D eigenvalue weighted by molar-refractivity contribution is 5.98. The first-order chi connectivity index (χ1) is 10.1. The van der Waals surface area contributed by atoms with E-state index in [1.165, 1.54) is 6.07 Å². The number of aromatic carboxylic acids is 1. The van der Waals surface area contributed by atoms with E-state index in [1.807, 2.05) is 12.1 Å². The van der Waals surface area contributed by atoms with Gasteiger partial charge in [0.05, 0.1) is 5.52 Å². The van der Waals surface area contributed by atoms with Gasteiger partial charge in [-0.2, -0.15) is 0 Å². The largest absolute Gasteiger partial charge is 0.477 e. The second-order valence-electron chi connectivity index (χ2n) is 5.12. The molecule has 1 aliphatic heterocycles. The van der Waals surface area contributed by atoms with E-state index in [0.717, 1.165) is 5.39 Å². The van der Waals surface area contributed by atoms with Gasteiger partial charge in [-0.3, -0.25) is 4.79 Å². The summed E-state index contributed by atoms with van der Waals surface area (Å²) in [7, 11) is 1.76. The van der Waals surface area contributed by atoms with Gasteiger partial charge < -0.3 is 15.3 Å². The fourth-order valence-electron chi connectivity index (χ4n) is 2.55. The highest BCUT2D eigenvalue weighted by atomic mass is 16.4. The van der Waals surface area contributed by atoms with Gasteiger partial charge in [0, 0.05) is 24.7 Å². The number of nitrogens with one attached hydrogen (secondary N) is 1. The Morgan fingerprint density at radius 1 is 1.43 bits per heavy atom. The van der Waals surface area contributed by atoms with Crippen molar-refractivity contribution in [2.24, 2.45) is 0 Å². The van der Waals surface area contributed by atoms with E-state index >= 15 is 0 Å². The number of likely N-dealkylation sites (tertiary alicyclic amines) is 1. The molecule has 2 heterocycles. The summed E-state index contributed by atoms with van der Waals surface area (Å²) in [6, 6.07) is 8.45. The van der Waals surface area contributed by atoms with Crippen LogP contribution in [0, 0.1) is 0 Å². The number of likely N-dealkylation sites (N-methyl/N-ethyl adjacent to an activating group) is 1. The quantitative estimate of drug-likeness (QED) is 0.894. The zero-order chi connectivity index (χ0) is 15.0. The minimum absolute atomic E-state index is 0.0211. The second kappa shape index (κ2) is 5.05. The summed E-state index contributed by atoms with van der Waals surface area (Å²) in [6.07, 6.45) is 0.703. The lowest BCUT2D eigenvalue weighted by molar-refractivity contribution is -0.127. The molecule has 1 atom stereocenters. The Hall–Kier alpha value is -2.63.